The van der Waals surface area contributed by atoms with Crippen molar-refractivity contribution in [2.75, 3.05) is 13.7 Å². The lowest BCUT2D eigenvalue weighted by molar-refractivity contribution is -0.192. The summed E-state index contributed by atoms with van der Waals surface area (Å²) in [6, 6.07) is 0. The maximum absolute atomic E-state index is 10.5. The van der Waals surface area contributed by atoms with Gasteiger partial charge in [-0.25, -0.2) is 0 Å². The van der Waals surface area contributed by atoms with Crippen LogP contribution in [0.1, 0.15) is 38.5 Å². The van der Waals surface area contributed by atoms with E-state index in [4.69, 9.17) is 10.5 Å². The predicted octanol–water partition coefficient (Wildman–Crippen LogP) is 1.05. The molecule has 3 heteroatoms. The number of hydrogen-bond acceptors (Lipinski definition) is 3. The van der Waals surface area contributed by atoms with Crippen LogP contribution in [-0.4, -0.2) is 30.5 Å². The van der Waals surface area contributed by atoms with Gasteiger partial charge in [0.25, 0.3) is 0 Å². The second-order valence-corrected chi connectivity index (χ2v) is 4.99. The molecule has 0 unspecified atom stereocenters. The maximum atomic E-state index is 10.5. The molecule has 3 N–H and O–H groups in total. The molecular weight excluding hydrogens is 178 g/mol. The molecular formula is C11H21NO2. The van der Waals surface area contributed by atoms with Gasteiger partial charge >= 0.3 is 0 Å². The van der Waals surface area contributed by atoms with Crippen LogP contribution in [0.4, 0.5) is 0 Å². The van der Waals surface area contributed by atoms with Crippen molar-refractivity contribution in [3.05, 3.63) is 0 Å². The van der Waals surface area contributed by atoms with Gasteiger partial charge in [0.15, 0.2) is 0 Å². The summed E-state index contributed by atoms with van der Waals surface area (Å²) in [5.41, 5.74) is 5.32. The monoisotopic (exact) mass is 199 g/mol. The fourth-order valence-corrected chi connectivity index (χ4v) is 3.20. The van der Waals surface area contributed by atoms with Crippen molar-refractivity contribution in [1.29, 1.82) is 0 Å². The Morgan fingerprint density at radius 1 is 1.36 bits per heavy atom. The van der Waals surface area contributed by atoms with Gasteiger partial charge in [0.2, 0.25) is 0 Å². The third kappa shape index (κ3) is 1.30. The molecule has 2 saturated carbocycles. The lowest BCUT2D eigenvalue weighted by Crippen LogP contribution is -2.61. The normalized spacial score (nSPS) is 40.9. The molecule has 2 aliphatic carbocycles. The first-order valence-corrected chi connectivity index (χ1v) is 5.61. The van der Waals surface area contributed by atoms with Gasteiger partial charge in [-0.1, -0.05) is 12.8 Å². The van der Waals surface area contributed by atoms with Crippen LogP contribution < -0.4 is 5.73 Å². The van der Waals surface area contributed by atoms with Crippen molar-refractivity contribution in [3.63, 3.8) is 0 Å². The summed E-state index contributed by atoms with van der Waals surface area (Å²) in [6.45, 7) is 0.625. The molecule has 2 aliphatic rings. The molecule has 0 heterocycles. The van der Waals surface area contributed by atoms with E-state index in [0.717, 1.165) is 25.7 Å². The molecule has 2 rings (SSSR count). The molecule has 0 aromatic rings. The number of nitrogens with two attached hydrogens (primary N) is 1. The van der Waals surface area contributed by atoms with Crippen LogP contribution >= 0.6 is 0 Å². The van der Waals surface area contributed by atoms with Gasteiger partial charge in [0.05, 0.1) is 11.7 Å². The first-order valence-electron chi connectivity index (χ1n) is 5.61. The standard InChI is InChI=1S/C11H21NO2/c1-14-9-6-11(13,7-9)10(8-12)4-2-3-5-10/h9,13H,2-8,12H2,1H3. The largest absolute Gasteiger partial charge is 0.389 e. The van der Waals surface area contributed by atoms with Crippen molar-refractivity contribution in [1.82, 2.24) is 0 Å². The van der Waals surface area contributed by atoms with Crippen LogP contribution in [0.2, 0.25) is 0 Å². The average Bonchev–Trinajstić information content (AvgIpc) is 2.62. The molecule has 0 aromatic carbocycles. The minimum absolute atomic E-state index is 0.00201. The lowest BCUT2D eigenvalue weighted by atomic mass is 9.59. The highest BCUT2D eigenvalue weighted by Gasteiger charge is 2.57. The molecule has 0 aromatic heterocycles. The number of aliphatic hydroxyl groups is 1. The molecule has 2 fully saturated rings. The summed E-state index contributed by atoms with van der Waals surface area (Å²) in [4.78, 5) is 0. The molecule has 14 heavy (non-hydrogen) atoms. The molecule has 0 atom stereocenters. The van der Waals surface area contributed by atoms with Gasteiger partial charge in [0.1, 0.15) is 0 Å². The van der Waals surface area contributed by atoms with Crippen LogP contribution in [0.3, 0.4) is 0 Å². The molecule has 0 radical (unpaired) electrons. The topological polar surface area (TPSA) is 55.5 Å². The quantitative estimate of drug-likeness (QED) is 0.714. The highest BCUT2D eigenvalue weighted by atomic mass is 16.5. The molecule has 0 amide bonds. The Labute approximate surface area is 85.6 Å². The second-order valence-electron chi connectivity index (χ2n) is 4.99. The smallest absolute Gasteiger partial charge is 0.0765 e. The Hall–Kier alpha value is -0.120. The van der Waals surface area contributed by atoms with Crippen LogP contribution in [0.5, 0.6) is 0 Å². The van der Waals surface area contributed by atoms with Crippen LogP contribution in [0.25, 0.3) is 0 Å². The van der Waals surface area contributed by atoms with Crippen LogP contribution in [-0.2, 0) is 4.74 Å². The number of methoxy groups -OCH3 is 1. The minimum atomic E-state index is -0.529. The highest BCUT2D eigenvalue weighted by molar-refractivity contribution is 5.09. The third-order valence-electron chi connectivity index (χ3n) is 4.40. The predicted molar refractivity (Wildman–Crippen MR) is 54.9 cm³/mol. The van der Waals surface area contributed by atoms with Crippen molar-refractivity contribution < 1.29 is 9.84 Å². The molecule has 3 nitrogen and oxygen atoms in total. The third-order valence-corrected chi connectivity index (χ3v) is 4.40. The van der Waals surface area contributed by atoms with Crippen molar-refractivity contribution in [2.24, 2.45) is 11.1 Å². The second kappa shape index (κ2) is 3.47. The van der Waals surface area contributed by atoms with E-state index >= 15 is 0 Å². The summed E-state index contributed by atoms with van der Waals surface area (Å²) in [6.07, 6.45) is 6.44. The lowest BCUT2D eigenvalue weighted by Gasteiger charge is -2.53. The van der Waals surface area contributed by atoms with E-state index in [-0.39, 0.29) is 11.5 Å². The van der Waals surface area contributed by atoms with Crippen LogP contribution in [0.15, 0.2) is 0 Å². The molecule has 0 saturated heterocycles. The Balaban J connectivity index is 2.05. The Morgan fingerprint density at radius 2 is 1.93 bits per heavy atom. The van der Waals surface area contributed by atoms with E-state index in [2.05, 4.69) is 0 Å². The number of hydrogen-bond donors (Lipinski definition) is 2. The van der Waals surface area contributed by atoms with Gasteiger partial charge in [-0.3, -0.25) is 0 Å². The summed E-state index contributed by atoms with van der Waals surface area (Å²) in [5.74, 6) is 0. The van der Waals surface area contributed by atoms with E-state index in [0.29, 0.717) is 6.54 Å². The fraction of sp³-hybridized carbons (Fsp3) is 1.00. The first kappa shape index (κ1) is 10.4. The Bertz CT molecular complexity index is 205. The summed E-state index contributed by atoms with van der Waals surface area (Å²) in [7, 11) is 1.72. The average molecular weight is 199 g/mol. The highest BCUT2D eigenvalue weighted by Crippen LogP contribution is 2.54. The summed E-state index contributed by atoms with van der Waals surface area (Å²) in [5, 5.41) is 10.5. The van der Waals surface area contributed by atoms with E-state index in [1.54, 1.807) is 7.11 Å². The van der Waals surface area contributed by atoms with Crippen molar-refractivity contribution in [2.45, 2.75) is 50.2 Å². The van der Waals surface area contributed by atoms with Gasteiger partial charge in [-0.15, -0.1) is 0 Å². The molecule has 0 bridgehead atoms. The Kier molecular flexibility index (Phi) is 2.58. The van der Waals surface area contributed by atoms with E-state index in [1.807, 2.05) is 0 Å². The first-order chi connectivity index (χ1) is 6.66. The summed E-state index contributed by atoms with van der Waals surface area (Å²) >= 11 is 0. The summed E-state index contributed by atoms with van der Waals surface area (Å²) < 4.78 is 5.23. The Morgan fingerprint density at radius 3 is 2.36 bits per heavy atom. The molecule has 0 aliphatic heterocycles. The van der Waals surface area contributed by atoms with Gasteiger partial charge in [-0.05, 0) is 12.8 Å². The molecule has 82 valence electrons. The van der Waals surface area contributed by atoms with Crippen molar-refractivity contribution in [3.8, 4) is 0 Å². The minimum Gasteiger partial charge on any atom is -0.389 e. The fourth-order valence-electron chi connectivity index (χ4n) is 3.20. The van der Waals surface area contributed by atoms with E-state index in [1.165, 1.54) is 12.8 Å². The van der Waals surface area contributed by atoms with E-state index in [9.17, 15) is 5.11 Å². The van der Waals surface area contributed by atoms with E-state index < -0.39 is 5.60 Å². The van der Waals surface area contributed by atoms with Gasteiger partial charge < -0.3 is 15.6 Å². The number of ether oxygens (including phenoxy) is 1. The van der Waals surface area contributed by atoms with Crippen LogP contribution in [0, 0.1) is 5.41 Å². The zero-order valence-corrected chi connectivity index (χ0v) is 8.96. The zero-order valence-electron chi connectivity index (χ0n) is 8.96. The van der Waals surface area contributed by atoms with Crippen molar-refractivity contribution >= 4 is 0 Å². The molecule has 0 spiro atoms. The SMILES string of the molecule is COC1CC(O)(C2(CN)CCCC2)C1. The van der Waals surface area contributed by atoms with Gasteiger partial charge in [-0.2, -0.15) is 0 Å². The zero-order chi connectivity index (χ0) is 10.2. The maximum Gasteiger partial charge on any atom is 0.0765 e. The number of rotatable bonds is 3. The van der Waals surface area contributed by atoms with Gasteiger partial charge in [0, 0.05) is 31.9 Å².